The van der Waals surface area contributed by atoms with Crippen molar-refractivity contribution in [3.05, 3.63) is 35.4 Å². The average molecular weight is 347 g/mol. The molecule has 0 aromatic heterocycles. The molecule has 138 valence electrons. The molecular weight excluding hydrogens is 318 g/mol. The van der Waals surface area contributed by atoms with Crippen molar-refractivity contribution in [2.45, 2.75) is 51.4 Å². The van der Waals surface area contributed by atoms with Crippen LogP contribution in [0.3, 0.4) is 0 Å². The third-order valence-corrected chi connectivity index (χ3v) is 5.10. The van der Waals surface area contributed by atoms with E-state index in [0.29, 0.717) is 12.5 Å². The number of carbonyl (C=O) groups excluding carboxylic acids is 1. The molecule has 4 atom stereocenters. The number of nitrogens with two attached hydrogens (primary N) is 1. The van der Waals surface area contributed by atoms with Crippen molar-refractivity contribution < 1.29 is 19.0 Å². The molecule has 2 aliphatic rings. The van der Waals surface area contributed by atoms with Crippen molar-refractivity contribution in [3.8, 4) is 0 Å². The maximum atomic E-state index is 12.1. The van der Waals surface area contributed by atoms with E-state index in [-0.39, 0.29) is 24.7 Å². The Balaban J connectivity index is 1.76. The molecule has 5 heteroatoms. The van der Waals surface area contributed by atoms with Gasteiger partial charge in [-0.25, -0.2) is 0 Å². The van der Waals surface area contributed by atoms with Gasteiger partial charge in [-0.2, -0.15) is 0 Å². The first-order chi connectivity index (χ1) is 12.0. The Morgan fingerprint density at radius 3 is 2.60 bits per heavy atom. The number of ether oxygens (including phenoxy) is 3. The molecule has 1 aliphatic heterocycles. The first-order valence-corrected chi connectivity index (χ1v) is 9.24. The smallest absolute Gasteiger partial charge is 0.325 e. The van der Waals surface area contributed by atoms with Crippen LogP contribution in [0.2, 0.25) is 0 Å². The van der Waals surface area contributed by atoms with Crippen LogP contribution in [-0.4, -0.2) is 44.0 Å². The van der Waals surface area contributed by atoms with Gasteiger partial charge < -0.3 is 19.9 Å². The van der Waals surface area contributed by atoms with Crippen molar-refractivity contribution in [1.29, 1.82) is 0 Å². The van der Waals surface area contributed by atoms with Gasteiger partial charge in [0.1, 0.15) is 12.1 Å². The number of aryl methyl sites for hydroxylation is 1. The SMILES string of the molecule is Cc1ccc(CC2C(C)OC(=O)C(N)COCC2OCC2CC2)cc1. The van der Waals surface area contributed by atoms with E-state index < -0.39 is 12.0 Å². The van der Waals surface area contributed by atoms with Crippen LogP contribution in [0.25, 0.3) is 0 Å². The van der Waals surface area contributed by atoms with E-state index in [4.69, 9.17) is 19.9 Å². The number of carbonyl (C=O) groups is 1. The van der Waals surface area contributed by atoms with Gasteiger partial charge >= 0.3 is 5.97 Å². The quantitative estimate of drug-likeness (QED) is 0.827. The van der Waals surface area contributed by atoms with Crippen LogP contribution in [0.15, 0.2) is 24.3 Å². The van der Waals surface area contributed by atoms with Gasteiger partial charge in [0.25, 0.3) is 0 Å². The summed E-state index contributed by atoms with van der Waals surface area (Å²) in [4.78, 5) is 12.1. The molecule has 1 aromatic carbocycles. The van der Waals surface area contributed by atoms with E-state index in [0.717, 1.165) is 13.0 Å². The van der Waals surface area contributed by atoms with Crippen molar-refractivity contribution in [2.24, 2.45) is 17.6 Å². The lowest BCUT2D eigenvalue weighted by molar-refractivity contribution is -0.154. The highest BCUT2D eigenvalue weighted by atomic mass is 16.6. The lowest BCUT2D eigenvalue weighted by Gasteiger charge is -2.31. The monoisotopic (exact) mass is 347 g/mol. The highest BCUT2D eigenvalue weighted by Crippen LogP contribution is 2.31. The largest absolute Gasteiger partial charge is 0.461 e. The second-order valence-electron chi connectivity index (χ2n) is 7.45. The van der Waals surface area contributed by atoms with E-state index in [1.807, 2.05) is 6.92 Å². The highest BCUT2D eigenvalue weighted by molar-refractivity contribution is 5.75. The number of hydrogen-bond acceptors (Lipinski definition) is 5. The molecule has 25 heavy (non-hydrogen) atoms. The zero-order valence-corrected chi connectivity index (χ0v) is 15.1. The lowest BCUT2D eigenvalue weighted by atomic mass is 9.89. The molecule has 5 nitrogen and oxygen atoms in total. The molecule has 4 unspecified atom stereocenters. The Bertz CT molecular complexity index is 570. The van der Waals surface area contributed by atoms with Gasteiger partial charge in [0, 0.05) is 12.5 Å². The summed E-state index contributed by atoms with van der Waals surface area (Å²) in [5.41, 5.74) is 8.27. The summed E-state index contributed by atoms with van der Waals surface area (Å²) < 4.78 is 17.5. The molecule has 1 saturated carbocycles. The molecule has 1 heterocycles. The third-order valence-electron chi connectivity index (χ3n) is 5.10. The van der Waals surface area contributed by atoms with Gasteiger partial charge in [-0.3, -0.25) is 4.79 Å². The van der Waals surface area contributed by atoms with Crippen molar-refractivity contribution in [2.75, 3.05) is 19.8 Å². The average Bonchev–Trinajstić information content (AvgIpc) is 3.40. The molecule has 0 amide bonds. The molecule has 2 fully saturated rings. The highest BCUT2D eigenvalue weighted by Gasteiger charge is 2.35. The lowest BCUT2D eigenvalue weighted by Crippen LogP contribution is -2.40. The predicted octanol–water partition coefficient (Wildman–Crippen LogP) is 2.24. The summed E-state index contributed by atoms with van der Waals surface area (Å²) in [6.45, 7) is 5.38. The Labute approximate surface area is 149 Å². The Morgan fingerprint density at radius 1 is 1.20 bits per heavy atom. The van der Waals surface area contributed by atoms with E-state index in [9.17, 15) is 4.79 Å². The third kappa shape index (κ3) is 5.27. The van der Waals surface area contributed by atoms with Crippen LogP contribution in [-0.2, 0) is 25.4 Å². The molecule has 0 bridgehead atoms. The zero-order chi connectivity index (χ0) is 17.8. The van der Waals surface area contributed by atoms with Gasteiger partial charge in [-0.1, -0.05) is 29.8 Å². The van der Waals surface area contributed by atoms with Crippen LogP contribution < -0.4 is 5.73 Å². The van der Waals surface area contributed by atoms with Crippen LogP contribution in [0.1, 0.15) is 30.9 Å². The molecule has 3 rings (SSSR count). The van der Waals surface area contributed by atoms with Gasteiger partial charge in [-0.05, 0) is 44.6 Å². The van der Waals surface area contributed by atoms with Gasteiger partial charge in [0.2, 0.25) is 0 Å². The molecule has 2 N–H and O–H groups in total. The topological polar surface area (TPSA) is 70.8 Å². The summed E-state index contributed by atoms with van der Waals surface area (Å²) in [6, 6.07) is 7.73. The fourth-order valence-corrected chi connectivity index (χ4v) is 3.17. The maximum Gasteiger partial charge on any atom is 0.325 e. The van der Waals surface area contributed by atoms with Crippen molar-refractivity contribution in [1.82, 2.24) is 0 Å². The second-order valence-corrected chi connectivity index (χ2v) is 7.45. The molecule has 0 radical (unpaired) electrons. The van der Waals surface area contributed by atoms with Gasteiger partial charge in [0.05, 0.1) is 19.3 Å². The van der Waals surface area contributed by atoms with E-state index >= 15 is 0 Å². The first-order valence-electron chi connectivity index (χ1n) is 9.24. The van der Waals surface area contributed by atoms with Gasteiger partial charge in [-0.15, -0.1) is 0 Å². The summed E-state index contributed by atoms with van der Waals surface area (Å²) in [5.74, 6) is 0.313. The molecule has 0 spiro atoms. The molecule has 1 saturated heterocycles. The van der Waals surface area contributed by atoms with Crippen LogP contribution in [0, 0.1) is 18.8 Å². The number of benzene rings is 1. The first kappa shape index (κ1) is 18.4. The number of hydrogen-bond donors (Lipinski definition) is 1. The van der Waals surface area contributed by atoms with Gasteiger partial charge in [0.15, 0.2) is 0 Å². The molecule has 1 aromatic rings. The number of esters is 1. The minimum absolute atomic E-state index is 0.0377. The fraction of sp³-hybridized carbons (Fsp3) is 0.650. The minimum atomic E-state index is -0.732. The molecular formula is C20H29NO4. The second kappa shape index (κ2) is 8.30. The molecule has 1 aliphatic carbocycles. The van der Waals surface area contributed by atoms with Crippen LogP contribution in [0.5, 0.6) is 0 Å². The summed E-state index contributed by atoms with van der Waals surface area (Å²) in [7, 11) is 0. The number of rotatable bonds is 5. The van der Waals surface area contributed by atoms with E-state index in [1.165, 1.54) is 24.0 Å². The number of cyclic esters (lactones) is 1. The van der Waals surface area contributed by atoms with Crippen LogP contribution >= 0.6 is 0 Å². The summed E-state index contributed by atoms with van der Waals surface area (Å²) >= 11 is 0. The fourth-order valence-electron chi connectivity index (χ4n) is 3.17. The standard InChI is InChI=1S/C20H29NO4/c1-13-3-5-15(6-4-13)9-17-14(2)25-20(22)18(21)11-23-12-19(17)24-10-16-7-8-16/h3-6,14,16-19H,7-12,21H2,1-2H3. The van der Waals surface area contributed by atoms with E-state index in [2.05, 4.69) is 31.2 Å². The van der Waals surface area contributed by atoms with Crippen LogP contribution in [0.4, 0.5) is 0 Å². The van der Waals surface area contributed by atoms with Crippen molar-refractivity contribution >= 4 is 5.97 Å². The maximum absolute atomic E-state index is 12.1. The normalized spacial score (nSPS) is 30.9. The predicted molar refractivity (Wildman–Crippen MR) is 95.2 cm³/mol. The minimum Gasteiger partial charge on any atom is -0.461 e. The summed E-state index contributed by atoms with van der Waals surface area (Å²) in [6.07, 6.45) is 2.89. The van der Waals surface area contributed by atoms with E-state index in [1.54, 1.807) is 0 Å². The Kier molecular flexibility index (Phi) is 6.10. The van der Waals surface area contributed by atoms with Crippen molar-refractivity contribution in [3.63, 3.8) is 0 Å². The Hall–Kier alpha value is -1.43. The summed E-state index contributed by atoms with van der Waals surface area (Å²) in [5, 5.41) is 0. The Morgan fingerprint density at radius 2 is 1.92 bits per heavy atom. The zero-order valence-electron chi connectivity index (χ0n) is 15.1.